The summed E-state index contributed by atoms with van der Waals surface area (Å²) in [5.74, 6) is 0.900. The highest BCUT2D eigenvalue weighted by Gasteiger charge is 2.20. The number of pyridine rings is 1. The Morgan fingerprint density at radius 1 is 1.56 bits per heavy atom. The van der Waals surface area contributed by atoms with E-state index < -0.39 is 0 Å². The summed E-state index contributed by atoms with van der Waals surface area (Å²) in [5.41, 5.74) is 2.11. The first kappa shape index (κ1) is 11.9. The van der Waals surface area contributed by atoms with Crippen LogP contribution in [0.25, 0.3) is 0 Å². The summed E-state index contributed by atoms with van der Waals surface area (Å²) < 4.78 is 5.25. The predicted molar refractivity (Wildman–Crippen MR) is 68.1 cm³/mol. The maximum atomic E-state index is 5.25. The molecule has 1 aliphatic rings. The Morgan fingerprint density at radius 2 is 2.38 bits per heavy atom. The van der Waals surface area contributed by atoms with Crippen molar-refractivity contribution in [1.29, 1.82) is 0 Å². The molecule has 1 atom stereocenters. The fraction of sp³-hybridized carbons (Fsp3) is 0.583. The smallest absolute Gasteiger partial charge is 0.122 e. The fourth-order valence-corrected chi connectivity index (χ4v) is 2.67. The molecule has 1 saturated heterocycles. The summed E-state index contributed by atoms with van der Waals surface area (Å²) in [4.78, 5) is 7.59. The van der Waals surface area contributed by atoms with Gasteiger partial charge in [0.25, 0.3) is 0 Å². The number of halogens is 1. The minimum Gasteiger partial charge on any atom is -0.497 e. The van der Waals surface area contributed by atoms with Crippen LogP contribution in [0.2, 0.25) is 0 Å². The van der Waals surface area contributed by atoms with Gasteiger partial charge in [0, 0.05) is 35.7 Å². The van der Waals surface area contributed by atoms with Crippen LogP contribution < -0.4 is 4.74 Å². The third-order valence-electron chi connectivity index (χ3n) is 2.82. The fourth-order valence-electron chi connectivity index (χ4n) is 2.06. The van der Waals surface area contributed by atoms with Crippen LogP contribution in [0.3, 0.4) is 0 Å². The third-order valence-corrected chi connectivity index (χ3v) is 3.56. The summed E-state index contributed by atoms with van der Waals surface area (Å²) in [6.07, 6.45) is 1.23. The van der Waals surface area contributed by atoms with Crippen molar-refractivity contribution in [1.82, 2.24) is 9.88 Å². The van der Waals surface area contributed by atoms with Crippen molar-refractivity contribution in [2.24, 2.45) is 0 Å². The normalized spacial score (nSPS) is 21.3. The lowest BCUT2D eigenvalue weighted by atomic mass is 10.3. The van der Waals surface area contributed by atoms with Gasteiger partial charge in [0.1, 0.15) is 5.75 Å². The average Bonchev–Trinajstić information content (AvgIpc) is 2.63. The number of rotatable bonds is 3. The molecule has 1 aliphatic heterocycles. The molecule has 0 amide bonds. The molecule has 1 unspecified atom stereocenters. The Kier molecular flexibility index (Phi) is 3.82. The van der Waals surface area contributed by atoms with Crippen LogP contribution in [0.1, 0.15) is 17.8 Å². The van der Waals surface area contributed by atoms with Gasteiger partial charge >= 0.3 is 0 Å². The summed E-state index contributed by atoms with van der Waals surface area (Å²) in [6, 6.07) is 3.98. The van der Waals surface area contributed by atoms with E-state index in [1.807, 2.05) is 19.1 Å². The number of aromatic nitrogens is 1. The van der Waals surface area contributed by atoms with E-state index in [0.717, 1.165) is 36.8 Å². The monoisotopic (exact) mass is 284 g/mol. The van der Waals surface area contributed by atoms with Crippen molar-refractivity contribution < 1.29 is 4.74 Å². The molecule has 0 radical (unpaired) electrons. The second-order valence-corrected chi connectivity index (χ2v) is 5.56. The van der Waals surface area contributed by atoms with Gasteiger partial charge in [0.2, 0.25) is 0 Å². The van der Waals surface area contributed by atoms with E-state index in [4.69, 9.17) is 4.74 Å². The van der Waals surface area contributed by atoms with Gasteiger partial charge in [-0.05, 0) is 19.9 Å². The Labute approximate surface area is 105 Å². The highest BCUT2D eigenvalue weighted by molar-refractivity contribution is 9.09. The van der Waals surface area contributed by atoms with Crippen LogP contribution in [0.15, 0.2) is 12.1 Å². The molecule has 3 nitrogen and oxygen atoms in total. The number of nitrogens with zero attached hydrogens (tertiary/aromatic N) is 2. The zero-order chi connectivity index (χ0) is 11.5. The molecule has 0 N–H and O–H groups in total. The largest absolute Gasteiger partial charge is 0.497 e. The molecule has 0 aliphatic carbocycles. The summed E-state index contributed by atoms with van der Waals surface area (Å²) >= 11 is 3.65. The van der Waals surface area contributed by atoms with E-state index in [-0.39, 0.29) is 0 Å². The highest BCUT2D eigenvalue weighted by atomic mass is 79.9. The highest BCUT2D eigenvalue weighted by Crippen LogP contribution is 2.20. The second-order valence-electron chi connectivity index (χ2n) is 4.26. The minimum atomic E-state index is 0.638. The van der Waals surface area contributed by atoms with Crippen LogP contribution in [0, 0.1) is 6.92 Å². The summed E-state index contributed by atoms with van der Waals surface area (Å²) in [7, 11) is 1.70. The van der Waals surface area contributed by atoms with Crippen molar-refractivity contribution in [3.05, 3.63) is 23.5 Å². The first-order valence-corrected chi connectivity index (χ1v) is 6.47. The first-order chi connectivity index (χ1) is 7.67. The quantitative estimate of drug-likeness (QED) is 0.797. The van der Waals surface area contributed by atoms with Crippen molar-refractivity contribution in [2.45, 2.75) is 24.7 Å². The number of ether oxygens (including phenoxy) is 1. The first-order valence-electron chi connectivity index (χ1n) is 5.55. The van der Waals surface area contributed by atoms with Crippen LogP contribution in [0.5, 0.6) is 5.75 Å². The van der Waals surface area contributed by atoms with E-state index in [1.54, 1.807) is 7.11 Å². The van der Waals surface area contributed by atoms with E-state index in [2.05, 4.69) is 25.8 Å². The van der Waals surface area contributed by atoms with Crippen molar-refractivity contribution in [2.75, 3.05) is 20.2 Å². The topological polar surface area (TPSA) is 25.4 Å². The van der Waals surface area contributed by atoms with Gasteiger partial charge in [-0.2, -0.15) is 0 Å². The third kappa shape index (κ3) is 2.95. The van der Waals surface area contributed by atoms with Gasteiger partial charge < -0.3 is 4.74 Å². The molecule has 0 spiro atoms. The van der Waals surface area contributed by atoms with E-state index in [1.165, 1.54) is 6.42 Å². The van der Waals surface area contributed by atoms with Crippen LogP contribution in [-0.4, -0.2) is 34.9 Å². The summed E-state index contributed by atoms with van der Waals surface area (Å²) in [6.45, 7) is 5.18. The lowest BCUT2D eigenvalue weighted by Gasteiger charge is -2.15. The maximum absolute atomic E-state index is 5.25. The van der Waals surface area contributed by atoms with Gasteiger partial charge in [-0.3, -0.25) is 9.88 Å². The number of likely N-dealkylation sites (tertiary alicyclic amines) is 1. The molecule has 0 aromatic carbocycles. The Hall–Kier alpha value is -0.610. The van der Waals surface area contributed by atoms with E-state index >= 15 is 0 Å². The molecule has 2 rings (SSSR count). The lowest BCUT2D eigenvalue weighted by molar-refractivity contribution is 0.326. The molecular formula is C12H17BrN2O. The molecule has 2 heterocycles. The SMILES string of the molecule is COc1cc(C)nc(CN2CCC(Br)C2)c1. The predicted octanol–water partition coefficient (Wildman–Crippen LogP) is 2.37. The van der Waals surface area contributed by atoms with Gasteiger partial charge in [0.05, 0.1) is 12.8 Å². The van der Waals surface area contributed by atoms with Gasteiger partial charge in [0.15, 0.2) is 0 Å². The summed E-state index contributed by atoms with van der Waals surface area (Å²) in [5, 5.41) is 0. The molecule has 16 heavy (non-hydrogen) atoms. The second kappa shape index (κ2) is 5.15. The van der Waals surface area contributed by atoms with E-state index in [9.17, 15) is 0 Å². The zero-order valence-electron chi connectivity index (χ0n) is 9.74. The van der Waals surface area contributed by atoms with Crippen LogP contribution in [0.4, 0.5) is 0 Å². The molecule has 1 aromatic rings. The molecule has 1 aromatic heterocycles. The van der Waals surface area contributed by atoms with Crippen molar-refractivity contribution in [3.63, 3.8) is 0 Å². The maximum Gasteiger partial charge on any atom is 0.122 e. The number of aryl methyl sites for hydroxylation is 1. The molecule has 0 bridgehead atoms. The Bertz CT molecular complexity index is 370. The molecule has 1 fully saturated rings. The Balaban J connectivity index is 2.06. The van der Waals surface area contributed by atoms with Crippen molar-refractivity contribution in [3.8, 4) is 5.75 Å². The number of hydrogen-bond donors (Lipinski definition) is 0. The number of alkyl halides is 1. The molecular weight excluding hydrogens is 268 g/mol. The average molecular weight is 285 g/mol. The molecule has 0 saturated carbocycles. The van der Waals surface area contributed by atoms with Gasteiger partial charge in [-0.1, -0.05) is 15.9 Å². The van der Waals surface area contributed by atoms with E-state index in [0.29, 0.717) is 4.83 Å². The number of methoxy groups -OCH3 is 1. The Morgan fingerprint density at radius 3 is 3.00 bits per heavy atom. The van der Waals surface area contributed by atoms with Crippen molar-refractivity contribution >= 4 is 15.9 Å². The minimum absolute atomic E-state index is 0.638. The van der Waals surface area contributed by atoms with Crippen LogP contribution >= 0.6 is 15.9 Å². The molecule has 88 valence electrons. The zero-order valence-corrected chi connectivity index (χ0v) is 11.3. The lowest BCUT2D eigenvalue weighted by Crippen LogP contribution is -2.20. The van der Waals surface area contributed by atoms with Gasteiger partial charge in [-0.25, -0.2) is 0 Å². The molecule has 4 heteroatoms. The van der Waals surface area contributed by atoms with Crippen LogP contribution in [-0.2, 0) is 6.54 Å². The number of hydrogen-bond acceptors (Lipinski definition) is 3. The van der Waals surface area contributed by atoms with Gasteiger partial charge in [-0.15, -0.1) is 0 Å². The standard InChI is InChI=1S/C12H17BrN2O/c1-9-5-12(16-2)6-11(14-9)8-15-4-3-10(13)7-15/h5-6,10H,3-4,7-8H2,1-2H3.